The average molecular weight is 289 g/mol. The van der Waals surface area contributed by atoms with Crippen LogP contribution < -0.4 is 5.32 Å². The number of hydrogen-bond acceptors (Lipinski definition) is 4. The van der Waals surface area contributed by atoms with Gasteiger partial charge in [-0.1, -0.05) is 0 Å². The Balaban J connectivity index is 2.04. The fraction of sp³-hybridized carbons (Fsp3) is 0.214. The fourth-order valence-corrected chi connectivity index (χ4v) is 1.83. The summed E-state index contributed by atoms with van der Waals surface area (Å²) in [5, 5.41) is 7.64. The second-order valence-corrected chi connectivity index (χ2v) is 4.58. The molecule has 0 amide bonds. The van der Waals surface area contributed by atoms with Gasteiger partial charge in [0.15, 0.2) is 5.11 Å². The highest BCUT2D eigenvalue weighted by Crippen LogP contribution is 2.11. The van der Waals surface area contributed by atoms with E-state index >= 15 is 0 Å². The summed E-state index contributed by atoms with van der Waals surface area (Å²) in [4.78, 5) is 11.5. The quantitative estimate of drug-likeness (QED) is 0.695. The molecule has 0 fully saturated rings. The van der Waals surface area contributed by atoms with E-state index in [1.165, 1.54) is 0 Å². The highest BCUT2D eigenvalue weighted by molar-refractivity contribution is 7.80. The van der Waals surface area contributed by atoms with Crippen molar-refractivity contribution in [1.29, 1.82) is 0 Å². The zero-order chi connectivity index (χ0) is 14.5. The van der Waals surface area contributed by atoms with Crippen molar-refractivity contribution >= 4 is 29.0 Å². The van der Waals surface area contributed by atoms with Crippen molar-refractivity contribution in [1.82, 2.24) is 9.78 Å². The van der Waals surface area contributed by atoms with Gasteiger partial charge in [0.2, 0.25) is 0 Å². The minimum Gasteiger partial charge on any atom is -0.462 e. The number of nitrogens with zero attached hydrogens (tertiary/aromatic N) is 2. The summed E-state index contributed by atoms with van der Waals surface area (Å²) < 4.78 is 6.51. The summed E-state index contributed by atoms with van der Waals surface area (Å²) in [5.74, 6) is -0.329. The van der Waals surface area contributed by atoms with E-state index in [-0.39, 0.29) is 5.97 Å². The van der Waals surface area contributed by atoms with E-state index in [1.807, 2.05) is 13.1 Å². The van der Waals surface area contributed by atoms with E-state index in [2.05, 4.69) is 10.4 Å². The summed E-state index contributed by atoms with van der Waals surface area (Å²) in [6, 6.07) is 6.93. The molecule has 6 heteroatoms. The molecule has 2 rings (SSSR count). The molecule has 0 aliphatic carbocycles. The van der Waals surface area contributed by atoms with Crippen LogP contribution in [0.1, 0.15) is 22.8 Å². The zero-order valence-electron chi connectivity index (χ0n) is 11.3. The Morgan fingerprint density at radius 1 is 1.40 bits per heavy atom. The lowest BCUT2D eigenvalue weighted by Crippen LogP contribution is -2.19. The predicted molar refractivity (Wildman–Crippen MR) is 81.0 cm³/mol. The Labute approximate surface area is 122 Å². The molecule has 0 aliphatic rings. The van der Waals surface area contributed by atoms with Crippen LogP contribution in [0.2, 0.25) is 0 Å². The van der Waals surface area contributed by atoms with E-state index in [9.17, 15) is 4.79 Å². The van der Waals surface area contributed by atoms with Gasteiger partial charge in [0.05, 0.1) is 18.4 Å². The Kier molecular flexibility index (Phi) is 4.47. The van der Waals surface area contributed by atoms with Gasteiger partial charge in [0.25, 0.3) is 0 Å². The first-order chi connectivity index (χ1) is 9.60. The molecular formula is C14H15N3O2S. The van der Waals surface area contributed by atoms with Gasteiger partial charge in [-0.2, -0.15) is 5.10 Å². The third-order valence-corrected chi connectivity index (χ3v) is 2.86. The number of benzene rings is 1. The van der Waals surface area contributed by atoms with Crippen LogP contribution in [0, 0.1) is 6.92 Å². The predicted octanol–water partition coefficient (Wildman–Crippen LogP) is 2.61. The number of rotatable bonds is 3. The van der Waals surface area contributed by atoms with Crippen molar-refractivity contribution in [3.8, 4) is 0 Å². The minimum atomic E-state index is -0.329. The topological polar surface area (TPSA) is 56.1 Å². The van der Waals surface area contributed by atoms with Crippen LogP contribution in [0.4, 0.5) is 5.69 Å². The van der Waals surface area contributed by atoms with E-state index in [1.54, 1.807) is 42.1 Å². The van der Waals surface area contributed by atoms with Crippen LogP contribution in [0.15, 0.2) is 36.7 Å². The van der Waals surface area contributed by atoms with Gasteiger partial charge < -0.3 is 10.1 Å². The molecule has 0 atom stereocenters. The van der Waals surface area contributed by atoms with Crippen LogP contribution in [0.3, 0.4) is 0 Å². The Hall–Kier alpha value is -2.21. The minimum absolute atomic E-state index is 0.329. The van der Waals surface area contributed by atoms with Crippen molar-refractivity contribution in [2.75, 3.05) is 11.9 Å². The summed E-state index contributed by atoms with van der Waals surface area (Å²) >= 11 is 5.24. The van der Waals surface area contributed by atoms with Gasteiger partial charge in [0.1, 0.15) is 0 Å². The number of carbonyl (C=O) groups is 1. The first kappa shape index (κ1) is 14.2. The molecule has 0 aliphatic heterocycles. The van der Waals surface area contributed by atoms with Crippen LogP contribution in [0.25, 0.3) is 0 Å². The molecule has 104 valence electrons. The largest absolute Gasteiger partial charge is 0.462 e. The first-order valence-electron chi connectivity index (χ1n) is 6.20. The lowest BCUT2D eigenvalue weighted by atomic mass is 10.2. The van der Waals surface area contributed by atoms with Crippen molar-refractivity contribution in [3.05, 3.63) is 47.8 Å². The fourth-order valence-electron chi connectivity index (χ4n) is 1.61. The lowest BCUT2D eigenvalue weighted by Gasteiger charge is -2.08. The highest BCUT2D eigenvalue weighted by Gasteiger charge is 2.06. The number of aryl methyl sites for hydroxylation is 1. The van der Waals surface area contributed by atoms with E-state index < -0.39 is 0 Å². The van der Waals surface area contributed by atoms with Gasteiger partial charge >= 0.3 is 5.97 Å². The summed E-state index contributed by atoms with van der Waals surface area (Å²) in [7, 11) is 0. The molecule has 1 heterocycles. The number of nitrogens with one attached hydrogen (secondary N) is 1. The molecule has 20 heavy (non-hydrogen) atoms. The molecule has 2 aromatic rings. The van der Waals surface area contributed by atoms with E-state index in [4.69, 9.17) is 17.0 Å². The standard InChI is InChI=1S/C14H15N3O2S/c1-3-19-13(18)11-4-6-12(7-5-11)16-14(20)17-9-10(2)8-15-17/h4-9H,3H2,1-2H3,(H,16,20). The number of hydrogen-bond donors (Lipinski definition) is 1. The van der Waals surface area contributed by atoms with Gasteiger partial charge in [0, 0.05) is 11.9 Å². The molecule has 1 aromatic carbocycles. The second kappa shape index (κ2) is 6.29. The van der Waals surface area contributed by atoms with Crippen molar-refractivity contribution < 1.29 is 9.53 Å². The van der Waals surface area contributed by atoms with Crippen LogP contribution >= 0.6 is 12.2 Å². The lowest BCUT2D eigenvalue weighted by molar-refractivity contribution is 0.0526. The van der Waals surface area contributed by atoms with Crippen molar-refractivity contribution in [3.63, 3.8) is 0 Å². The number of esters is 1. The number of aromatic nitrogens is 2. The SMILES string of the molecule is CCOC(=O)c1ccc(NC(=S)n2cc(C)cn2)cc1. The number of thiocarbonyl (C=S) groups is 1. The Bertz CT molecular complexity index is 620. The van der Waals surface area contributed by atoms with Crippen molar-refractivity contribution in [2.45, 2.75) is 13.8 Å². The molecule has 0 radical (unpaired) electrons. The summed E-state index contributed by atoms with van der Waals surface area (Å²) in [6.45, 7) is 4.08. The van der Waals surface area contributed by atoms with E-state index in [0.29, 0.717) is 17.3 Å². The van der Waals surface area contributed by atoms with Crippen LogP contribution in [-0.4, -0.2) is 27.5 Å². The molecule has 0 saturated heterocycles. The molecule has 0 saturated carbocycles. The molecule has 0 spiro atoms. The maximum Gasteiger partial charge on any atom is 0.338 e. The maximum absolute atomic E-state index is 11.5. The Morgan fingerprint density at radius 2 is 2.10 bits per heavy atom. The number of carbonyl (C=O) groups excluding carboxylic acids is 1. The van der Waals surface area contributed by atoms with Crippen LogP contribution in [-0.2, 0) is 4.74 Å². The molecular weight excluding hydrogens is 274 g/mol. The van der Waals surface area contributed by atoms with Gasteiger partial charge in [-0.15, -0.1) is 0 Å². The molecule has 0 bridgehead atoms. The van der Waals surface area contributed by atoms with Gasteiger partial charge in [-0.3, -0.25) is 0 Å². The Morgan fingerprint density at radius 3 is 2.65 bits per heavy atom. The summed E-state index contributed by atoms with van der Waals surface area (Å²) in [5.41, 5.74) is 2.33. The monoisotopic (exact) mass is 289 g/mol. The molecule has 5 nitrogen and oxygen atoms in total. The first-order valence-corrected chi connectivity index (χ1v) is 6.61. The maximum atomic E-state index is 11.5. The smallest absolute Gasteiger partial charge is 0.338 e. The van der Waals surface area contributed by atoms with Crippen LogP contribution in [0.5, 0.6) is 0 Å². The van der Waals surface area contributed by atoms with Crippen molar-refractivity contribution in [2.24, 2.45) is 0 Å². The second-order valence-electron chi connectivity index (χ2n) is 4.19. The highest BCUT2D eigenvalue weighted by atomic mass is 32.1. The van der Waals surface area contributed by atoms with E-state index in [0.717, 1.165) is 11.3 Å². The number of ether oxygens (including phenoxy) is 1. The van der Waals surface area contributed by atoms with Gasteiger partial charge in [-0.05, 0) is 55.9 Å². The van der Waals surface area contributed by atoms with Gasteiger partial charge in [-0.25, -0.2) is 9.48 Å². The average Bonchev–Trinajstić information content (AvgIpc) is 2.86. The molecule has 1 aromatic heterocycles. The number of anilines is 1. The molecule has 1 N–H and O–H groups in total. The third kappa shape index (κ3) is 3.42. The molecule has 0 unspecified atom stereocenters. The third-order valence-electron chi connectivity index (χ3n) is 2.57. The summed E-state index contributed by atoms with van der Waals surface area (Å²) in [6.07, 6.45) is 3.57. The zero-order valence-corrected chi connectivity index (χ0v) is 12.1. The normalized spacial score (nSPS) is 10.1.